The number of piperidine rings is 1. The summed E-state index contributed by atoms with van der Waals surface area (Å²) in [6.45, 7) is 4.71. The molecule has 2 aromatic rings. The normalized spacial score (nSPS) is 17.1. The Bertz CT molecular complexity index is 539. The van der Waals surface area contributed by atoms with E-state index in [9.17, 15) is 0 Å². The zero-order valence-corrected chi connectivity index (χ0v) is 11.1. The number of anilines is 1. The van der Waals surface area contributed by atoms with Gasteiger partial charge < -0.3 is 15.1 Å². The molecule has 102 valence electrons. The van der Waals surface area contributed by atoms with E-state index in [1.807, 2.05) is 13.0 Å². The molecule has 0 radical (unpaired) electrons. The van der Waals surface area contributed by atoms with Gasteiger partial charge in [0.25, 0.3) is 0 Å². The van der Waals surface area contributed by atoms with Gasteiger partial charge in [-0.1, -0.05) is 0 Å². The summed E-state index contributed by atoms with van der Waals surface area (Å²) in [6.07, 6.45) is 3.89. The number of aromatic nitrogens is 3. The predicted molar refractivity (Wildman–Crippen MR) is 72.8 cm³/mol. The number of hydrogen-bond donors (Lipinski definition) is 2. The molecule has 19 heavy (non-hydrogen) atoms. The summed E-state index contributed by atoms with van der Waals surface area (Å²) in [4.78, 5) is 6.72. The highest BCUT2D eigenvalue weighted by atomic mass is 16.3. The summed E-state index contributed by atoms with van der Waals surface area (Å²) in [7, 11) is 0. The Morgan fingerprint density at radius 3 is 2.89 bits per heavy atom. The van der Waals surface area contributed by atoms with Gasteiger partial charge >= 0.3 is 0 Å². The minimum atomic E-state index is 0.641. The van der Waals surface area contributed by atoms with Crippen LogP contribution < -0.4 is 10.6 Å². The standard InChI is InChI=1S/C13H19N5O/c1-9-4-7-19-11(9)12-15-13(17-16-12)18-5-2-10(8-14)3-6-18/h4,7,10H,2-3,5-6,8,14H2,1H3,(H,15,16,17). The van der Waals surface area contributed by atoms with E-state index in [2.05, 4.69) is 20.1 Å². The molecule has 0 aliphatic carbocycles. The Kier molecular flexibility index (Phi) is 3.25. The Morgan fingerprint density at radius 1 is 1.47 bits per heavy atom. The summed E-state index contributed by atoms with van der Waals surface area (Å²) >= 11 is 0. The number of nitrogens with two attached hydrogens (primary N) is 1. The molecule has 0 atom stereocenters. The van der Waals surface area contributed by atoms with Crippen molar-refractivity contribution in [3.8, 4) is 11.6 Å². The minimum absolute atomic E-state index is 0.641. The molecule has 1 fully saturated rings. The van der Waals surface area contributed by atoms with Crippen molar-refractivity contribution in [2.45, 2.75) is 19.8 Å². The van der Waals surface area contributed by atoms with E-state index in [4.69, 9.17) is 10.2 Å². The second kappa shape index (κ2) is 5.05. The first kappa shape index (κ1) is 12.2. The van der Waals surface area contributed by atoms with Crippen molar-refractivity contribution < 1.29 is 4.42 Å². The van der Waals surface area contributed by atoms with Gasteiger partial charge in [-0.25, -0.2) is 0 Å². The zero-order valence-electron chi connectivity index (χ0n) is 11.1. The van der Waals surface area contributed by atoms with Gasteiger partial charge in [0.15, 0.2) is 11.6 Å². The van der Waals surface area contributed by atoms with Crippen molar-refractivity contribution in [3.05, 3.63) is 17.9 Å². The van der Waals surface area contributed by atoms with Gasteiger partial charge in [0.1, 0.15) is 0 Å². The Hall–Kier alpha value is -1.82. The number of aryl methyl sites for hydroxylation is 1. The molecule has 2 aromatic heterocycles. The Morgan fingerprint density at radius 2 is 2.26 bits per heavy atom. The van der Waals surface area contributed by atoms with Crippen molar-refractivity contribution in [1.82, 2.24) is 15.2 Å². The van der Waals surface area contributed by atoms with Crippen LogP contribution in [-0.4, -0.2) is 34.8 Å². The third-order valence-corrected chi connectivity index (χ3v) is 3.78. The van der Waals surface area contributed by atoms with Crippen LogP contribution in [0.2, 0.25) is 0 Å². The third-order valence-electron chi connectivity index (χ3n) is 3.78. The van der Waals surface area contributed by atoms with E-state index >= 15 is 0 Å². The molecule has 6 heteroatoms. The number of hydrogen-bond acceptors (Lipinski definition) is 5. The first-order valence-corrected chi connectivity index (χ1v) is 6.70. The molecule has 0 unspecified atom stereocenters. The van der Waals surface area contributed by atoms with Gasteiger partial charge in [-0.15, -0.1) is 5.10 Å². The smallest absolute Gasteiger partial charge is 0.245 e. The maximum absolute atomic E-state index is 5.70. The van der Waals surface area contributed by atoms with Gasteiger partial charge in [-0.3, -0.25) is 5.10 Å². The average molecular weight is 261 g/mol. The lowest BCUT2D eigenvalue weighted by Crippen LogP contribution is -2.36. The number of H-pyrrole nitrogens is 1. The van der Waals surface area contributed by atoms with Crippen molar-refractivity contribution in [1.29, 1.82) is 0 Å². The number of aromatic amines is 1. The van der Waals surface area contributed by atoms with Crippen LogP contribution in [-0.2, 0) is 0 Å². The molecule has 6 nitrogen and oxygen atoms in total. The highest BCUT2D eigenvalue weighted by molar-refractivity contribution is 5.53. The Balaban J connectivity index is 1.74. The lowest BCUT2D eigenvalue weighted by Gasteiger charge is -2.30. The van der Waals surface area contributed by atoms with E-state index in [0.29, 0.717) is 11.7 Å². The number of furan rings is 1. The van der Waals surface area contributed by atoms with Crippen LogP contribution in [0.1, 0.15) is 18.4 Å². The first-order valence-electron chi connectivity index (χ1n) is 6.70. The summed E-state index contributed by atoms with van der Waals surface area (Å²) in [5.41, 5.74) is 6.76. The second-order valence-corrected chi connectivity index (χ2v) is 5.08. The number of nitrogens with zero attached hydrogens (tertiary/aromatic N) is 3. The zero-order chi connectivity index (χ0) is 13.2. The molecule has 0 saturated carbocycles. The summed E-state index contributed by atoms with van der Waals surface area (Å²) < 4.78 is 5.42. The van der Waals surface area contributed by atoms with Crippen LogP contribution in [0, 0.1) is 12.8 Å². The predicted octanol–water partition coefficient (Wildman–Crippen LogP) is 1.55. The fraction of sp³-hybridized carbons (Fsp3) is 0.538. The van der Waals surface area contributed by atoms with Crippen LogP contribution >= 0.6 is 0 Å². The molecule has 3 N–H and O–H groups in total. The highest BCUT2D eigenvalue weighted by Crippen LogP contribution is 2.24. The molecule has 0 amide bonds. The molecule has 0 bridgehead atoms. The molecule has 1 aliphatic rings. The first-order chi connectivity index (χ1) is 9.28. The van der Waals surface area contributed by atoms with Crippen LogP contribution in [0.25, 0.3) is 11.6 Å². The molecular weight excluding hydrogens is 242 g/mol. The van der Waals surface area contributed by atoms with Crippen molar-refractivity contribution in [3.63, 3.8) is 0 Å². The lowest BCUT2D eigenvalue weighted by atomic mass is 9.97. The second-order valence-electron chi connectivity index (χ2n) is 5.08. The minimum Gasteiger partial charge on any atom is -0.461 e. The van der Waals surface area contributed by atoms with Gasteiger partial charge in [-0.2, -0.15) is 4.98 Å². The third kappa shape index (κ3) is 2.35. The van der Waals surface area contributed by atoms with Crippen LogP contribution in [0.15, 0.2) is 16.7 Å². The van der Waals surface area contributed by atoms with E-state index < -0.39 is 0 Å². The lowest BCUT2D eigenvalue weighted by molar-refractivity contribution is 0.411. The van der Waals surface area contributed by atoms with E-state index in [0.717, 1.165) is 49.7 Å². The molecule has 0 spiro atoms. The van der Waals surface area contributed by atoms with E-state index in [1.165, 1.54) is 0 Å². The largest absolute Gasteiger partial charge is 0.461 e. The molecule has 1 aliphatic heterocycles. The van der Waals surface area contributed by atoms with Crippen molar-refractivity contribution >= 4 is 5.95 Å². The van der Waals surface area contributed by atoms with Gasteiger partial charge in [0.05, 0.1) is 6.26 Å². The highest BCUT2D eigenvalue weighted by Gasteiger charge is 2.21. The fourth-order valence-electron chi connectivity index (χ4n) is 2.48. The van der Waals surface area contributed by atoms with Crippen LogP contribution in [0.4, 0.5) is 5.95 Å². The van der Waals surface area contributed by atoms with Gasteiger partial charge in [0.2, 0.25) is 5.95 Å². The van der Waals surface area contributed by atoms with E-state index in [1.54, 1.807) is 6.26 Å². The van der Waals surface area contributed by atoms with Crippen molar-refractivity contribution in [2.24, 2.45) is 11.7 Å². The fourth-order valence-corrected chi connectivity index (χ4v) is 2.48. The maximum Gasteiger partial charge on any atom is 0.245 e. The van der Waals surface area contributed by atoms with Crippen LogP contribution in [0.5, 0.6) is 0 Å². The van der Waals surface area contributed by atoms with Gasteiger partial charge in [-0.05, 0) is 43.9 Å². The summed E-state index contributed by atoms with van der Waals surface area (Å²) in [6, 6.07) is 1.92. The maximum atomic E-state index is 5.70. The molecule has 3 rings (SSSR count). The molecule has 1 saturated heterocycles. The van der Waals surface area contributed by atoms with E-state index in [-0.39, 0.29) is 0 Å². The number of nitrogens with one attached hydrogen (secondary N) is 1. The topological polar surface area (TPSA) is 84.0 Å². The molecule has 0 aromatic carbocycles. The quantitative estimate of drug-likeness (QED) is 0.875. The van der Waals surface area contributed by atoms with Gasteiger partial charge in [0, 0.05) is 13.1 Å². The van der Waals surface area contributed by atoms with Crippen LogP contribution in [0.3, 0.4) is 0 Å². The molecular formula is C13H19N5O. The average Bonchev–Trinajstić information content (AvgIpc) is 3.07. The molecule has 3 heterocycles. The van der Waals surface area contributed by atoms with Crippen molar-refractivity contribution in [2.75, 3.05) is 24.5 Å². The number of rotatable bonds is 3. The SMILES string of the molecule is Cc1ccoc1-c1nc(N2CCC(CN)CC2)n[nH]1. The Labute approximate surface area is 112 Å². The monoisotopic (exact) mass is 261 g/mol. The summed E-state index contributed by atoms with van der Waals surface area (Å²) in [5, 5.41) is 7.24. The summed E-state index contributed by atoms with van der Waals surface area (Å²) in [5.74, 6) is 2.84.